The van der Waals surface area contributed by atoms with Gasteiger partial charge in [0.1, 0.15) is 6.61 Å². The molecule has 0 spiro atoms. The second kappa shape index (κ2) is 7.08. The first-order valence-corrected chi connectivity index (χ1v) is 8.14. The zero-order valence-corrected chi connectivity index (χ0v) is 13.6. The molecule has 1 saturated heterocycles. The van der Waals surface area contributed by atoms with Crippen LogP contribution in [0.25, 0.3) is 0 Å². The second-order valence-corrected chi connectivity index (χ2v) is 6.61. The number of aliphatic hydroxyl groups is 1. The second-order valence-electron chi connectivity index (χ2n) is 5.56. The first-order chi connectivity index (χ1) is 10.0. The van der Waals surface area contributed by atoms with E-state index in [2.05, 4.69) is 36.1 Å². The van der Waals surface area contributed by atoms with Crippen molar-refractivity contribution in [1.82, 2.24) is 10.4 Å². The largest absolute Gasteiger partial charge is 0.384 e. The minimum absolute atomic E-state index is 0.0688. The van der Waals surface area contributed by atoms with Crippen molar-refractivity contribution >= 4 is 17.2 Å². The van der Waals surface area contributed by atoms with E-state index in [0.29, 0.717) is 17.0 Å². The van der Waals surface area contributed by atoms with Gasteiger partial charge in [-0.2, -0.15) is 0 Å². The van der Waals surface area contributed by atoms with Gasteiger partial charge in [-0.15, -0.1) is 11.3 Å². The number of carbonyl (C=O) groups excluding carboxylic acids is 1. The maximum atomic E-state index is 12.4. The fourth-order valence-electron chi connectivity index (χ4n) is 2.65. The summed E-state index contributed by atoms with van der Waals surface area (Å²) in [5.74, 6) is 5.44. The van der Waals surface area contributed by atoms with E-state index in [-0.39, 0.29) is 12.5 Å². The minimum atomic E-state index is -0.165. The molecule has 2 atom stereocenters. The Hall–Kier alpha value is -1.35. The van der Waals surface area contributed by atoms with E-state index in [0.717, 1.165) is 23.3 Å². The average Bonchev–Trinajstić information content (AvgIpc) is 2.82. The van der Waals surface area contributed by atoms with Gasteiger partial charge in [-0.3, -0.25) is 10.2 Å². The first kappa shape index (κ1) is 16.0. The number of aryl methyl sites for hydroxylation is 1. The van der Waals surface area contributed by atoms with Gasteiger partial charge < -0.3 is 5.11 Å². The van der Waals surface area contributed by atoms with Crippen LogP contribution in [0.15, 0.2) is 6.07 Å². The lowest BCUT2D eigenvalue weighted by molar-refractivity contribution is 0.0373. The van der Waals surface area contributed by atoms with Gasteiger partial charge in [-0.25, -0.2) is 5.01 Å². The van der Waals surface area contributed by atoms with Crippen LogP contribution in [-0.2, 0) is 0 Å². The lowest BCUT2D eigenvalue weighted by Gasteiger charge is -2.38. The predicted molar refractivity (Wildman–Crippen MR) is 85.1 cm³/mol. The molecule has 1 aliphatic rings. The van der Waals surface area contributed by atoms with Gasteiger partial charge in [0.05, 0.1) is 9.75 Å². The zero-order chi connectivity index (χ0) is 15.4. The highest BCUT2D eigenvalue weighted by molar-refractivity contribution is 7.14. The fraction of sp³-hybridized carbons (Fsp3) is 0.562. The Bertz CT molecular complexity index is 561. The molecule has 114 valence electrons. The molecule has 2 rings (SSSR count). The maximum absolute atomic E-state index is 12.4. The quantitative estimate of drug-likeness (QED) is 0.825. The molecule has 1 fully saturated rings. The third-order valence-corrected chi connectivity index (χ3v) is 5.00. The topological polar surface area (TPSA) is 52.6 Å². The first-order valence-electron chi connectivity index (χ1n) is 7.32. The smallest absolute Gasteiger partial charge is 0.275 e. The van der Waals surface area contributed by atoms with Gasteiger partial charge in [0.2, 0.25) is 0 Å². The van der Waals surface area contributed by atoms with Crippen LogP contribution in [0, 0.1) is 18.8 Å². The van der Waals surface area contributed by atoms with Gasteiger partial charge in [-0.05, 0) is 45.2 Å². The Balaban J connectivity index is 2.09. The van der Waals surface area contributed by atoms with Crippen molar-refractivity contribution in [2.45, 2.75) is 52.1 Å². The van der Waals surface area contributed by atoms with E-state index in [1.807, 2.05) is 13.0 Å². The number of amides is 1. The molecule has 2 heterocycles. The van der Waals surface area contributed by atoms with Crippen molar-refractivity contribution in [1.29, 1.82) is 0 Å². The summed E-state index contributed by atoms with van der Waals surface area (Å²) < 4.78 is 0. The summed E-state index contributed by atoms with van der Waals surface area (Å²) in [6.45, 7) is 6.06. The minimum Gasteiger partial charge on any atom is -0.384 e. The average molecular weight is 306 g/mol. The normalized spacial score (nSPS) is 22.5. The number of aliphatic hydroxyl groups excluding tert-OH is 1. The van der Waals surface area contributed by atoms with E-state index in [1.54, 1.807) is 0 Å². The lowest BCUT2D eigenvalue weighted by atomic mass is 10.00. The van der Waals surface area contributed by atoms with E-state index >= 15 is 0 Å². The number of hydrogen-bond donors (Lipinski definition) is 2. The number of nitrogens with zero attached hydrogens (tertiary/aromatic N) is 1. The molecule has 2 N–H and O–H groups in total. The van der Waals surface area contributed by atoms with Gasteiger partial charge in [0.15, 0.2) is 0 Å². The van der Waals surface area contributed by atoms with E-state index in [1.165, 1.54) is 17.8 Å². The standard InChI is InChI=1S/C16H22N2O2S/c1-11-10-15(21-14(11)8-5-9-19)16(20)17-18-12(2)6-4-7-13(18)3/h10,12-13,19H,4,6-7,9H2,1-3H3,(H,17,20). The molecule has 0 radical (unpaired) electrons. The monoisotopic (exact) mass is 306 g/mol. The SMILES string of the molecule is Cc1cc(C(=O)NN2C(C)CCCC2C)sc1C#CCO. The molecule has 0 saturated carbocycles. The van der Waals surface area contributed by atoms with Gasteiger partial charge >= 0.3 is 0 Å². The fourth-order valence-corrected chi connectivity index (χ4v) is 3.59. The highest BCUT2D eigenvalue weighted by Gasteiger charge is 2.26. The summed E-state index contributed by atoms with van der Waals surface area (Å²) in [6, 6.07) is 2.60. The maximum Gasteiger partial charge on any atom is 0.275 e. The number of hydrogen-bond acceptors (Lipinski definition) is 4. The Labute approximate surface area is 130 Å². The van der Waals surface area contributed by atoms with Crippen LogP contribution in [0.1, 0.15) is 53.2 Å². The lowest BCUT2D eigenvalue weighted by Crippen LogP contribution is -2.53. The molecule has 1 aromatic heterocycles. The van der Waals surface area contributed by atoms with Crippen molar-refractivity contribution < 1.29 is 9.90 Å². The van der Waals surface area contributed by atoms with Crippen molar-refractivity contribution in [3.8, 4) is 11.8 Å². The number of rotatable bonds is 2. The molecular weight excluding hydrogens is 284 g/mol. The van der Waals surface area contributed by atoms with E-state index in [9.17, 15) is 4.79 Å². The summed E-state index contributed by atoms with van der Waals surface area (Å²) in [5.41, 5.74) is 4.02. The van der Waals surface area contributed by atoms with Crippen LogP contribution in [-0.4, -0.2) is 34.7 Å². The molecule has 0 aromatic carbocycles. The third kappa shape index (κ3) is 3.85. The van der Waals surface area contributed by atoms with Crippen LogP contribution in [0.3, 0.4) is 0 Å². The van der Waals surface area contributed by atoms with Crippen molar-refractivity contribution in [2.75, 3.05) is 6.61 Å². The summed E-state index contributed by atoms with van der Waals surface area (Å²) in [6.07, 6.45) is 3.44. The molecule has 1 amide bonds. The molecule has 0 aliphatic carbocycles. The Morgan fingerprint density at radius 3 is 2.76 bits per heavy atom. The highest BCUT2D eigenvalue weighted by atomic mass is 32.1. The van der Waals surface area contributed by atoms with E-state index < -0.39 is 0 Å². The third-order valence-electron chi connectivity index (χ3n) is 3.85. The number of nitrogens with one attached hydrogen (secondary N) is 1. The molecule has 4 nitrogen and oxygen atoms in total. The molecule has 2 unspecified atom stereocenters. The number of thiophene rings is 1. The summed E-state index contributed by atoms with van der Waals surface area (Å²) in [5, 5.41) is 10.8. The predicted octanol–water partition coefficient (Wildman–Crippen LogP) is 2.31. The van der Waals surface area contributed by atoms with E-state index in [4.69, 9.17) is 5.11 Å². The van der Waals surface area contributed by atoms with Crippen LogP contribution in [0.2, 0.25) is 0 Å². The molecule has 1 aliphatic heterocycles. The van der Waals surface area contributed by atoms with Gasteiger partial charge in [0, 0.05) is 12.1 Å². The Morgan fingerprint density at radius 1 is 1.48 bits per heavy atom. The summed E-state index contributed by atoms with van der Waals surface area (Å²) >= 11 is 1.38. The zero-order valence-electron chi connectivity index (χ0n) is 12.8. The van der Waals surface area contributed by atoms with Crippen molar-refractivity contribution in [2.24, 2.45) is 0 Å². The molecule has 21 heavy (non-hydrogen) atoms. The van der Waals surface area contributed by atoms with Gasteiger partial charge in [-0.1, -0.05) is 18.3 Å². The van der Waals surface area contributed by atoms with Crippen molar-refractivity contribution in [3.05, 3.63) is 21.4 Å². The van der Waals surface area contributed by atoms with Gasteiger partial charge in [0.25, 0.3) is 5.91 Å². The number of carbonyl (C=O) groups is 1. The Morgan fingerprint density at radius 2 is 2.14 bits per heavy atom. The van der Waals surface area contributed by atoms with Crippen LogP contribution < -0.4 is 5.43 Å². The Kier molecular flexibility index (Phi) is 5.40. The van der Waals surface area contributed by atoms with Crippen molar-refractivity contribution in [3.63, 3.8) is 0 Å². The molecule has 0 bridgehead atoms. The molecular formula is C16H22N2O2S. The molecule has 1 aromatic rings. The number of piperidine rings is 1. The van der Waals surface area contributed by atoms with Crippen LogP contribution in [0.5, 0.6) is 0 Å². The summed E-state index contributed by atoms with van der Waals surface area (Å²) in [4.78, 5) is 13.9. The molecule has 5 heteroatoms. The van der Waals surface area contributed by atoms with Crippen LogP contribution >= 0.6 is 11.3 Å². The number of hydrazine groups is 1. The van der Waals surface area contributed by atoms with Crippen LogP contribution in [0.4, 0.5) is 0 Å². The highest BCUT2D eigenvalue weighted by Crippen LogP contribution is 2.23. The summed E-state index contributed by atoms with van der Waals surface area (Å²) in [7, 11) is 0.